The van der Waals surface area contributed by atoms with Gasteiger partial charge in [-0.2, -0.15) is 0 Å². The van der Waals surface area contributed by atoms with Gasteiger partial charge in [-0.25, -0.2) is 4.79 Å². The Morgan fingerprint density at radius 1 is 1.09 bits per heavy atom. The van der Waals surface area contributed by atoms with Crippen molar-refractivity contribution in [2.75, 3.05) is 46.9 Å². The van der Waals surface area contributed by atoms with Crippen LogP contribution in [0.4, 0.5) is 4.79 Å². The molecule has 3 N–H and O–H groups in total. The first kappa shape index (κ1) is 28.3. The average Bonchev–Trinajstić information content (AvgIpc) is 2.73. The molecule has 1 fully saturated rings. The monoisotopic (exact) mass is 561 g/mol. The molecular formula is C23H40IN5O3. The van der Waals surface area contributed by atoms with E-state index in [4.69, 9.17) is 9.47 Å². The number of aliphatic imine (C=N–C) groups is 1. The molecule has 9 heteroatoms. The summed E-state index contributed by atoms with van der Waals surface area (Å²) in [5.74, 6) is 2.29. The highest BCUT2D eigenvalue weighted by Gasteiger charge is 2.19. The first-order chi connectivity index (χ1) is 14.8. The predicted octanol–water partition coefficient (Wildman–Crippen LogP) is 3.21. The van der Waals surface area contributed by atoms with Crippen molar-refractivity contribution < 1.29 is 14.3 Å². The predicted molar refractivity (Wildman–Crippen MR) is 140 cm³/mol. The van der Waals surface area contributed by atoms with Crippen molar-refractivity contribution >= 4 is 36.0 Å². The number of methoxy groups -OCH3 is 1. The molecule has 182 valence electrons. The Labute approximate surface area is 209 Å². The van der Waals surface area contributed by atoms with E-state index in [1.165, 1.54) is 18.4 Å². The van der Waals surface area contributed by atoms with Gasteiger partial charge in [-0.05, 0) is 70.3 Å². The van der Waals surface area contributed by atoms with E-state index in [9.17, 15) is 4.79 Å². The van der Waals surface area contributed by atoms with Crippen molar-refractivity contribution in [2.45, 2.75) is 45.8 Å². The number of amides is 1. The van der Waals surface area contributed by atoms with Crippen molar-refractivity contribution in [2.24, 2.45) is 10.9 Å². The molecule has 1 aliphatic heterocycles. The molecule has 1 aliphatic rings. The summed E-state index contributed by atoms with van der Waals surface area (Å²) in [4.78, 5) is 18.4. The summed E-state index contributed by atoms with van der Waals surface area (Å²) in [5, 5.41) is 9.37. The van der Waals surface area contributed by atoms with Crippen LogP contribution in [-0.4, -0.2) is 69.4 Å². The first-order valence-corrected chi connectivity index (χ1v) is 11.1. The maximum atomic E-state index is 11.7. The number of guanidine groups is 1. The summed E-state index contributed by atoms with van der Waals surface area (Å²) < 4.78 is 10.4. The first-order valence-electron chi connectivity index (χ1n) is 11.1. The van der Waals surface area contributed by atoms with Crippen LogP contribution in [0.3, 0.4) is 0 Å². The van der Waals surface area contributed by atoms with E-state index in [-0.39, 0.29) is 24.0 Å². The maximum Gasteiger partial charge on any atom is 0.407 e. The topological polar surface area (TPSA) is 87.2 Å². The Balaban J connectivity index is 0.00000512. The van der Waals surface area contributed by atoms with Gasteiger partial charge in [-0.3, -0.25) is 9.89 Å². The minimum atomic E-state index is -0.487. The fourth-order valence-corrected chi connectivity index (χ4v) is 3.46. The van der Waals surface area contributed by atoms with Gasteiger partial charge in [-0.15, -0.1) is 24.0 Å². The van der Waals surface area contributed by atoms with Crippen LogP contribution in [-0.2, 0) is 11.3 Å². The number of hydrogen-bond donors (Lipinski definition) is 3. The standard InChI is InChI=1S/C23H39N5O3.HI/c1-23(2,3)31-22(29)26-13-12-25-21(24-4)27-16-18-10-14-28(15-11-18)17-19-6-8-20(30-5)9-7-19;/h6-9,18H,10-17H2,1-5H3,(H,26,29)(H2,24,25,27);1H. The van der Waals surface area contributed by atoms with E-state index in [1.807, 2.05) is 32.9 Å². The van der Waals surface area contributed by atoms with Gasteiger partial charge in [-0.1, -0.05) is 12.1 Å². The zero-order chi connectivity index (χ0) is 22.7. The van der Waals surface area contributed by atoms with Gasteiger partial charge < -0.3 is 25.4 Å². The molecule has 0 atom stereocenters. The largest absolute Gasteiger partial charge is 0.497 e. The summed E-state index contributed by atoms with van der Waals surface area (Å²) in [5.41, 5.74) is 0.834. The van der Waals surface area contributed by atoms with Crippen molar-refractivity contribution in [1.82, 2.24) is 20.9 Å². The molecule has 0 radical (unpaired) electrons. The van der Waals surface area contributed by atoms with Crippen LogP contribution in [0.25, 0.3) is 0 Å². The van der Waals surface area contributed by atoms with Crippen molar-refractivity contribution in [1.29, 1.82) is 0 Å². The van der Waals surface area contributed by atoms with E-state index in [0.717, 1.165) is 37.9 Å². The lowest BCUT2D eigenvalue weighted by Crippen LogP contribution is -2.45. The van der Waals surface area contributed by atoms with Crippen molar-refractivity contribution in [3.05, 3.63) is 29.8 Å². The second-order valence-corrected chi connectivity index (χ2v) is 8.88. The van der Waals surface area contributed by atoms with Crippen molar-refractivity contribution in [3.8, 4) is 5.75 Å². The number of piperidine rings is 1. The number of carbonyl (C=O) groups is 1. The minimum Gasteiger partial charge on any atom is -0.497 e. The van der Waals surface area contributed by atoms with E-state index in [0.29, 0.717) is 19.0 Å². The molecule has 8 nitrogen and oxygen atoms in total. The third kappa shape index (κ3) is 11.2. The molecule has 0 aliphatic carbocycles. The number of benzene rings is 1. The third-order valence-corrected chi connectivity index (χ3v) is 5.14. The average molecular weight is 562 g/mol. The molecule has 0 bridgehead atoms. The number of nitrogens with one attached hydrogen (secondary N) is 3. The summed E-state index contributed by atoms with van der Waals surface area (Å²) in [7, 11) is 3.45. The normalized spacial score (nSPS) is 15.5. The number of ether oxygens (including phenoxy) is 2. The number of rotatable bonds is 8. The van der Waals surface area contributed by atoms with Crippen LogP contribution >= 0.6 is 24.0 Å². The number of nitrogens with zero attached hydrogens (tertiary/aromatic N) is 2. The number of halogens is 1. The van der Waals surface area contributed by atoms with Crippen LogP contribution in [0.5, 0.6) is 5.75 Å². The Bertz CT molecular complexity index is 699. The van der Waals surface area contributed by atoms with Crippen LogP contribution in [0.1, 0.15) is 39.2 Å². The maximum absolute atomic E-state index is 11.7. The molecule has 1 aromatic carbocycles. The molecule has 0 saturated carbocycles. The second kappa shape index (κ2) is 14.4. The number of alkyl carbamates (subject to hydrolysis) is 1. The smallest absolute Gasteiger partial charge is 0.407 e. The van der Waals surface area contributed by atoms with Crippen molar-refractivity contribution in [3.63, 3.8) is 0 Å². The molecule has 32 heavy (non-hydrogen) atoms. The summed E-state index contributed by atoms with van der Waals surface area (Å²) >= 11 is 0. The van der Waals surface area contributed by atoms with Gasteiger partial charge >= 0.3 is 6.09 Å². The molecule has 0 spiro atoms. The van der Waals surface area contributed by atoms with Gasteiger partial charge in [0.1, 0.15) is 11.4 Å². The van der Waals surface area contributed by atoms with E-state index >= 15 is 0 Å². The van der Waals surface area contributed by atoms with E-state index < -0.39 is 11.7 Å². The van der Waals surface area contributed by atoms with Crippen LogP contribution in [0.2, 0.25) is 0 Å². The Hall–Kier alpha value is -1.75. The van der Waals surface area contributed by atoms with E-state index in [2.05, 4.69) is 38.0 Å². The second-order valence-electron chi connectivity index (χ2n) is 8.88. The lowest BCUT2D eigenvalue weighted by Gasteiger charge is -2.32. The summed E-state index contributed by atoms with van der Waals surface area (Å²) in [6, 6.07) is 8.32. The minimum absolute atomic E-state index is 0. The molecular weight excluding hydrogens is 521 g/mol. The molecule has 2 rings (SSSR count). The van der Waals surface area contributed by atoms with Crippen LogP contribution in [0, 0.1) is 5.92 Å². The highest BCUT2D eigenvalue weighted by Crippen LogP contribution is 2.19. The Kier molecular flexibility index (Phi) is 12.7. The van der Waals surface area contributed by atoms with Gasteiger partial charge in [0.25, 0.3) is 0 Å². The zero-order valence-electron chi connectivity index (χ0n) is 20.1. The SMILES string of the molecule is CN=C(NCCNC(=O)OC(C)(C)C)NCC1CCN(Cc2ccc(OC)cc2)CC1.I. The molecule has 1 aromatic rings. The highest BCUT2D eigenvalue weighted by atomic mass is 127. The highest BCUT2D eigenvalue weighted by molar-refractivity contribution is 14.0. The molecule has 0 unspecified atom stereocenters. The van der Waals surface area contributed by atoms with Crippen LogP contribution in [0.15, 0.2) is 29.3 Å². The fourth-order valence-electron chi connectivity index (χ4n) is 3.46. The van der Waals surface area contributed by atoms with Gasteiger partial charge in [0, 0.05) is 33.2 Å². The molecule has 1 saturated heterocycles. The fraction of sp³-hybridized carbons (Fsp3) is 0.652. The number of carbonyl (C=O) groups excluding carboxylic acids is 1. The third-order valence-electron chi connectivity index (χ3n) is 5.14. The van der Waals surface area contributed by atoms with Gasteiger partial charge in [0.05, 0.1) is 7.11 Å². The zero-order valence-corrected chi connectivity index (χ0v) is 22.4. The number of hydrogen-bond acceptors (Lipinski definition) is 5. The van der Waals surface area contributed by atoms with Gasteiger partial charge in [0.2, 0.25) is 0 Å². The molecule has 1 amide bonds. The molecule has 1 heterocycles. The lowest BCUT2D eigenvalue weighted by atomic mass is 9.96. The summed E-state index contributed by atoms with van der Waals surface area (Å²) in [6.45, 7) is 10.7. The number of likely N-dealkylation sites (tertiary alicyclic amines) is 1. The lowest BCUT2D eigenvalue weighted by molar-refractivity contribution is 0.0529. The van der Waals surface area contributed by atoms with Crippen LogP contribution < -0.4 is 20.7 Å². The van der Waals surface area contributed by atoms with E-state index in [1.54, 1.807) is 14.2 Å². The molecule has 0 aromatic heterocycles. The van der Waals surface area contributed by atoms with Gasteiger partial charge in [0.15, 0.2) is 5.96 Å². The Morgan fingerprint density at radius 2 is 1.72 bits per heavy atom. The Morgan fingerprint density at radius 3 is 2.28 bits per heavy atom. The quantitative estimate of drug-likeness (QED) is 0.196. The summed E-state index contributed by atoms with van der Waals surface area (Å²) in [6.07, 6.45) is 1.93.